The number of ketones is 3. The van der Waals surface area contributed by atoms with E-state index in [9.17, 15) is 24.0 Å². The van der Waals surface area contributed by atoms with Crippen LogP contribution in [0.3, 0.4) is 0 Å². The number of carbonyl (C=O) groups excluding carboxylic acids is 5. The van der Waals surface area contributed by atoms with E-state index in [0.29, 0.717) is 39.4 Å². The molecule has 1 amide bonds. The Hall–Kier alpha value is -5.63. The highest BCUT2D eigenvalue weighted by atomic mass is 16.6. The van der Waals surface area contributed by atoms with Crippen LogP contribution < -0.4 is 5.32 Å². The summed E-state index contributed by atoms with van der Waals surface area (Å²) in [6, 6.07) is 20.7. The Labute approximate surface area is 258 Å². The molecule has 8 nitrogen and oxygen atoms in total. The molecule has 0 spiro atoms. The van der Waals surface area contributed by atoms with E-state index in [1.54, 1.807) is 66.7 Å². The fraction of sp³-hybridized carbons (Fsp3) is 0.162. The van der Waals surface area contributed by atoms with Gasteiger partial charge >= 0.3 is 5.97 Å². The van der Waals surface area contributed by atoms with Crippen LogP contribution in [0.25, 0.3) is 27.9 Å². The van der Waals surface area contributed by atoms with Gasteiger partial charge < -0.3 is 15.0 Å². The van der Waals surface area contributed by atoms with Crippen molar-refractivity contribution in [2.45, 2.75) is 39.2 Å². The van der Waals surface area contributed by atoms with Crippen molar-refractivity contribution in [3.05, 3.63) is 117 Å². The minimum Gasteiger partial charge on any atom is -0.450 e. The first kappa shape index (κ1) is 28.2. The van der Waals surface area contributed by atoms with E-state index in [-0.39, 0.29) is 45.3 Å². The molecule has 1 saturated heterocycles. The first-order chi connectivity index (χ1) is 21.8. The number of cyclic esters (lactones) is 1. The fourth-order valence-corrected chi connectivity index (χ4v) is 6.32. The van der Waals surface area contributed by atoms with Gasteiger partial charge in [-0.1, -0.05) is 55.8 Å². The molecule has 2 aliphatic rings. The van der Waals surface area contributed by atoms with Crippen molar-refractivity contribution < 1.29 is 28.7 Å². The van der Waals surface area contributed by atoms with E-state index in [0.717, 1.165) is 23.9 Å². The summed E-state index contributed by atoms with van der Waals surface area (Å²) < 4.78 is 5.36. The van der Waals surface area contributed by atoms with Crippen LogP contribution in [0.1, 0.15) is 79.5 Å². The van der Waals surface area contributed by atoms with Crippen molar-refractivity contribution in [1.29, 1.82) is 0 Å². The number of amides is 1. The number of fused-ring (bicyclic) bond motifs is 6. The molecule has 4 aromatic carbocycles. The van der Waals surface area contributed by atoms with E-state index < -0.39 is 18.0 Å². The molecule has 222 valence electrons. The monoisotopic (exact) mass is 596 g/mol. The van der Waals surface area contributed by atoms with Crippen LogP contribution >= 0.6 is 0 Å². The van der Waals surface area contributed by atoms with Crippen molar-refractivity contribution >= 4 is 62.8 Å². The number of carbonyl (C=O) groups is 5. The first-order valence-corrected chi connectivity index (χ1v) is 14.9. The third-order valence-corrected chi connectivity index (χ3v) is 8.54. The van der Waals surface area contributed by atoms with Crippen LogP contribution in [0.2, 0.25) is 0 Å². The number of aromatic nitrogens is 1. The highest BCUT2D eigenvalue weighted by Crippen LogP contribution is 2.41. The van der Waals surface area contributed by atoms with Crippen LogP contribution in [0.15, 0.2) is 78.4 Å². The maximum Gasteiger partial charge on any atom is 0.342 e. The van der Waals surface area contributed by atoms with Crippen LogP contribution in [-0.4, -0.2) is 40.3 Å². The zero-order chi connectivity index (χ0) is 31.4. The minimum absolute atomic E-state index is 0.000249. The van der Waals surface area contributed by atoms with Gasteiger partial charge in [-0.25, -0.2) is 4.79 Å². The van der Waals surface area contributed by atoms with E-state index >= 15 is 0 Å². The number of benzene rings is 4. The zero-order valence-electron chi connectivity index (χ0n) is 24.7. The Morgan fingerprint density at radius 1 is 0.867 bits per heavy atom. The number of esters is 1. The second kappa shape index (κ2) is 10.8. The molecule has 2 N–H and O–H groups in total. The van der Waals surface area contributed by atoms with E-state index in [1.165, 1.54) is 0 Å². The number of hydrogen-bond acceptors (Lipinski definition) is 6. The summed E-state index contributed by atoms with van der Waals surface area (Å²) in [5.74, 6) is -2.07. The average molecular weight is 597 g/mol. The molecular weight excluding hydrogens is 568 g/mol. The Balaban J connectivity index is 1.43. The molecular formula is C37H28N2O6. The molecule has 5 aromatic rings. The number of Topliss-reactive ketones (excluding diaryl/α,β-unsaturated/α-hetero) is 1. The second-order valence-electron chi connectivity index (χ2n) is 11.5. The number of anilines is 1. The molecule has 0 bridgehead atoms. The Morgan fingerprint density at radius 3 is 2.24 bits per heavy atom. The third-order valence-electron chi connectivity index (χ3n) is 8.54. The van der Waals surface area contributed by atoms with Crippen LogP contribution in [0.5, 0.6) is 0 Å². The van der Waals surface area contributed by atoms with Gasteiger partial charge in [-0.2, -0.15) is 0 Å². The number of hydrogen-bond donors (Lipinski definition) is 2. The van der Waals surface area contributed by atoms with Gasteiger partial charge in [0.25, 0.3) is 5.91 Å². The van der Waals surface area contributed by atoms with Gasteiger partial charge in [0.15, 0.2) is 17.7 Å². The SMILES string of the molecule is CCCCC1OC(=O)/C(=C/c2cc(C)c3[nH]c4c5c(c(NC(=O)c6ccccc6)cc4c3c2)C(=O)c2ccccc2C5=O)C1=O. The number of rotatable bonds is 6. The lowest BCUT2D eigenvalue weighted by Gasteiger charge is -2.21. The summed E-state index contributed by atoms with van der Waals surface area (Å²) in [5.41, 5.74) is 4.09. The summed E-state index contributed by atoms with van der Waals surface area (Å²) >= 11 is 0. The van der Waals surface area contributed by atoms with E-state index in [2.05, 4.69) is 10.3 Å². The Morgan fingerprint density at radius 2 is 1.53 bits per heavy atom. The number of aromatic amines is 1. The van der Waals surface area contributed by atoms with E-state index in [1.807, 2.05) is 26.0 Å². The summed E-state index contributed by atoms with van der Waals surface area (Å²) in [7, 11) is 0. The topological polar surface area (TPSA) is 122 Å². The molecule has 1 aliphatic carbocycles. The second-order valence-corrected chi connectivity index (χ2v) is 11.5. The van der Waals surface area contributed by atoms with Gasteiger partial charge in [-0.05, 0) is 67.3 Å². The van der Waals surface area contributed by atoms with Crippen LogP contribution in [-0.2, 0) is 14.3 Å². The predicted octanol–water partition coefficient (Wildman–Crippen LogP) is 6.73. The van der Waals surface area contributed by atoms with Gasteiger partial charge in [0.1, 0.15) is 5.57 Å². The molecule has 7 rings (SSSR count). The predicted molar refractivity (Wildman–Crippen MR) is 171 cm³/mol. The Bertz CT molecular complexity index is 2150. The number of ether oxygens (including phenoxy) is 1. The molecule has 1 unspecified atom stereocenters. The highest BCUT2D eigenvalue weighted by molar-refractivity contribution is 6.35. The third kappa shape index (κ3) is 4.57. The number of nitrogens with one attached hydrogen (secondary N) is 2. The molecule has 0 saturated carbocycles. The number of H-pyrrole nitrogens is 1. The summed E-state index contributed by atoms with van der Waals surface area (Å²) in [5, 5.41) is 4.20. The van der Waals surface area contributed by atoms with Crippen LogP contribution in [0.4, 0.5) is 5.69 Å². The maximum atomic E-state index is 14.0. The van der Waals surface area contributed by atoms with Crippen molar-refractivity contribution in [3.63, 3.8) is 0 Å². The number of unbranched alkanes of at least 4 members (excludes halogenated alkanes) is 1. The van der Waals surface area contributed by atoms with Gasteiger partial charge in [-0.15, -0.1) is 0 Å². The van der Waals surface area contributed by atoms with E-state index in [4.69, 9.17) is 4.74 Å². The lowest BCUT2D eigenvalue weighted by molar-refractivity contribution is -0.141. The highest BCUT2D eigenvalue weighted by Gasteiger charge is 2.38. The minimum atomic E-state index is -0.768. The number of aryl methyl sites for hydroxylation is 1. The molecule has 45 heavy (non-hydrogen) atoms. The van der Waals surface area contributed by atoms with Crippen molar-refractivity contribution in [2.75, 3.05) is 5.32 Å². The Kier molecular flexibility index (Phi) is 6.77. The molecule has 1 fully saturated rings. The van der Waals surface area contributed by atoms with Gasteiger partial charge in [0, 0.05) is 33.0 Å². The molecule has 8 heteroatoms. The van der Waals surface area contributed by atoms with Crippen molar-refractivity contribution in [2.24, 2.45) is 0 Å². The maximum absolute atomic E-state index is 14.0. The lowest BCUT2D eigenvalue weighted by atomic mass is 9.82. The van der Waals surface area contributed by atoms with Crippen molar-refractivity contribution in [3.8, 4) is 0 Å². The average Bonchev–Trinajstić information content (AvgIpc) is 3.55. The standard InChI is InChI=1S/C37H28N2O6/c1-3-4-14-28-33(40)26(37(44)45-28)17-20-15-19(2)31-24(16-20)25-18-27(38-36(43)21-10-6-5-7-11-21)29-30(32(25)39-31)35(42)23-13-9-8-12-22(23)34(29)41/h5-13,15-18,28,39H,3-4,14H2,1-2H3,(H,38,43)/b26-17+. The molecule has 1 aromatic heterocycles. The molecule has 0 radical (unpaired) electrons. The molecule has 2 heterocycles. The first-order valence-electron chi connectivity index (χ1n) is 14.9. The van der Waals surface area contributed by atoms with Crippen LogP contribution in [0, 0.1) is 6.92 Å². The summed E-state index contributed by atoms with van der Waals surface area (Å²) in [4.78, 5) is 70.3. The normalized spacial score (nSPS) is 16.8. The largest absolute Gasteiger partial charge is 0.450 e. The quantitative estimate of drug-likeness (QED) is 0.125. The molecule has 1 aliphatic heterocycles. The summed E-state index contributed by atoms with van der Waals surface area (Å²) in [6.07, 6.45) is 2.92. The lowest BCUT2D eigenvalue weighted by Crippen LogP contribution is -2.24. The van der Waals surface area contributed by atoms with Gasteiger partial charge in [0.2, 0.25) is 5.78 Å². The summed E-state index contributed by atoms with van der Waals surface area (Å²) in [6.45, 7) is 3.89. The molecule has 1 atom stereocenters. The van der Waals surface area contributed by atoms with Gasteiger partial charge in [-0.3, -0.25) is 19.2 Å². The smallest absolute Gasteiger partial charge is 0.342 e. The van der Waals surface area contributed by atoms with Crippen molar-refractivity contribution in [1.82, 2.24) is 4.98 Å². The zero-order valence-corrected chi connectivity index (χ0v) is 24.7. The van der Waals surface area contributed by atoms with Gasteiger partial charge in [0.05, 0.1) is 22.3 Å². The fourth-order valence-electron chi connectivity index (χ4n) is 6.32.